The van der Waals surface area contributed by atoms with Crippen LogP contribution in [0.3, 0.4) is 0 Å². The predicted molar refractivity (Wildman–Crippen MR) is 67.1 cm³/mol. The Kier molecular flexibility index (Phi) is 3.17. The molecule has 88 valence electrons. The molecule has 1 aromatic carbocycles. The summed E-state index contributed by atoms with van der Waals surface area (Å²) in [6, 6.07) is 8.65. The van der Waals surface area contributed by atoms with Crippen LogP contribution in [0.25, 0.3) is 0 Å². The van der Waals surface area contributed by atoms with Crippen molar-refractivity contribution in [2.75, 3.05) is 39.2 Å². The van der Waals surface area contributed by atoms with Gasteiger partial charge in [0.2, 0.25) is 0 Å². The summed E-state index contributed by atoms with van der Waals surface area (Å²) in [5, 5.41) is 3.28. The van der Waals surface area contributed by atoms with Gasteiger partial charge in [-0.05, 0) is 17.7 Å². The van der Waals surface area contributed by atoms with Crippen molar-refractivity contribution in [3.8, 4) is 0 Å². The third-order valence-electron chi connectivity index (χ3n) is 3.28. The maximum absolute atomic E-state index is 5.60. The maximum atomic E-state index is 5.60. The van der Waals surface area contributed by atoms with Crippen molar-refractivity contribution in [3.63, 3.8) is 0 Å². The molecule has 1 aliphatic rings. The lowest BCUT2D eigenvalue weighted by molar-refractivity contribution is -0.0502. The summed E-state index contributed by atoms with van der Waals surface area (Å²) in [6.45, 7) is 1.91. The number of benzene rings is 1. The third kappa shape index (κ3) is 2.20. The van der Waals surface area contributed by atoms with E-state index in [-0.39, 0.29) is 5.60 Å². The smallest absolute Gasteiger partial charge is 0.0966 e. The molecule has 0 saturated carbocycles. The highest BCUT2D eigenvalue weighted by atomic mass is 16.5. The van der Waals surface area contributed by atoms with Crippen LogP contribution >= 0.6 is 0 Å². The fourth-order valence-corrected chi connectivity index (χ4v) is 2.06. The Balaban J connectivity index is 2.12. The molecule has 1 aliphatic heterocycles. The van der Waals surface area contributed by atoms with Gasteiger partial charge >= 0.3 is 0 Å². The summed E-state index contributed by atoms with van der Waals surface area (Å²) >= 11 is 0. The molecule has 0 radical (unpaired) electrons. The van der Waals surface area contributed by atoms with Crippen molar-refractivity contribution in [3.05, 3.63) is 29.8 Å². The maximum Gasteiger partial charge on any atom is 0.0966 e. The van der Waals surface area contributed by atoms with Crippen LogP contribution in [0.2, 0.25) is 0 Å². The third-order valence-corrected chi connectivity index (χ3v) is 3.28. The van der Waals surface area contributed by atoms with E-state index in [9.17, 15) is 0 Å². The molecular formula is C13H20N2O. The molecule has 1 saturated heterocycles. The fraction of sp³-hybridized carbons (Fsp3) is 0.538. The van der Waals surface area contributed by atoms with Crippen molar-refractivity contribution in [1.82, 2.24) is 5.32 Å². The second-order valence-corrected chi connectivity index (χ2v) is 4.73. The molecule has 0 bridgehead atoms. The summed E-state index contributed by atoms with van der Waals surface area (Å²) in [7, 11) is 5.93. The Bertz CT molecular complexity index is 353. The first-order valence-corrected chi connectivity index (χ1v) is 5.67. The lowest BCUT2D eigenvalue weighted by Gasteiger charge is -2.41. The zero-order chi connectivity index (χ0) is 11.6. The van der Waals surface area contributed by atoms with E-state index in [1.165, 1.54) is 11.3 Å². The van der Waals surface area contributed by atoms with E-state index in [4.69, 9.17) is 4.74 Å². The first kappa shape index (κ1) is 11.4. The molecule has 0 aromatic heterocycles. The molecule has 3 heteroatoms. The van der Waals surface area contributed by atoms with Gasteiger partial charge in [-0.2, -0.15) is 0 Å². The average Bonchev–Trinajstić information content (AvgIpc) is 2.24. The van der Waals surface area contributed by atoms with E-state index in [0.29, 0.717) is 0 Å². The van der Waals surface area contributed by atoms with Crippen LogP contribution in [0.1, 0.15) is 5.56 Å². The molecule has 1 fully saturated rings. The summed E-state index contributed by atoms with van der Waals surface area (Å²) < 4.78 is 5.60. The Morgan fingerprint density at radius 2 is 2.12 bits per heavy atom. The Labute approximate surface area is 97.4 Å². The van der Waals surface area contributed by atoms with Crippen LogP contribution in [-0.4, -0.2) is 39.9 Å². The highest BCUT2D eigenvalue weighted by Gasteiger charge is 2.36. The largest absolute Gasteiger partial charge is 0.378 e. The van der Waals surface area contributed by atoms with Gasteiger partial charge in [0.1, 0.15) is 0 Å². The topological polar surface area (TPSA) is 24.5 Å². The van der Waals surface area contributed by atoms with Crippen LogP contribution in [0.4, 0.5) is 5.69 Å². The molecule has 16 heavy (non-hydrogen) atoms. The number of rotatable bonds is 4. The van der Waals surface area contributed by atoms with E-state index in [1.54, 1.807) is 7.11 Å². The second-order valence-electron chi connectivity index (χ2n) is 4.73. The van der Waals surface area contributed by atoms with Gasteiger partial charge in [-0.15, -0.1) is 0 Å². The summed E-state index contributed by atoms with van der Waals surface area (Å²) in [4.78, 5) is 2.13. The summed E-state index contributed by atoms with van der Waals surface area (Å²) in [5.74, 6) is 0. The van der Waals surface area contributed by atoms with E-state index in [0.717, 1.165) is 19.5 Å². The fourth-order valence-electron chi connectivity index (χ4n) is 2.06. The number of hydrogen-bond donors (Lipinski definition) is 1. The minimum Gasteiger partial charge on any atom is -0.378 e. The van der Waals surface area contributed by atoms with E-state index < -0.39 is 0 Å². The predicted octanol–water partition coefficient (Wildman–Crippen LogP) is 1.28. The van der Waals surface area contributed by atoms with Crippen LogP contribution in [-0.2, 0) is 11.2 Å². The second kappa shape index (κ2) is 4.44. The zero-order valence-electron chi connectivity index (χ0n) is 10.3. The van der Waals surface area contributed by atoms with E-state index in [2.05, 4.69) is 48.6 Å². The van der Waals surface area contributed by atoms with E-state index >= 15 is 0 Å². The van der Waals surface area contributed by atoms with Gasteiger partial charge in [-0.25, -0.2) is 0 Å². The highest BCUT2D eigenvalue weighted by Crippen LogP contribution is 2.23. The van der Waals surface area contributed by atoms with Gasteiger partial charge < -0.3 is 15.0 Å². The van der Waals surface area contributed by atoms with Crippen molar-refractivity contribution in [1.29, 1.82) is 0 Å². The molecule has 3 nitrogen and oxygen atoms in total. The minimum absolute atomic E-state index is 0.0188. The number of nitrogens with one attached hydrogen (secondary N) is 1. The van der Waals surface area contributed by atoms with Crippen LogP contribution in [0.15, 0.2) is 24.3 Å². The van der Waals surface area contributed by atoms with Crippen molar-refractivity contribution >= 4 is 5.69 Å². The molecule has 1 N–H and O–H groups in total. The van der Waals surface area contributed by atoms with Gasteiger partial charge in [-0.1, -0.05) is 12.1 Å². The monoisotopic (exact) mass is 220 g/mol. The molecule has 0 spiro atoms. The van der Waals surface area contributed by atoms with Gasteiger partial charge in [0.05, 0.1) is 5.60 Å². The van der Waals surface area contributed by atoms with Gasteiger partial charge in [-0.3, -0.25) is 0 Å². The summed E-state index contributed by atoms with van der Waals surface area (Å²) in [6.07, 6.45) is 0.984. The standard InChI is InChI=1S/C13H20N2O/c1-15(2)12-6-4-5-11(7-12)8-13(16-3)9-14-10-13/h4-7,14H,8-10H2,1-3H3. The molecule has 1 heterocycles. The Morgan fingerprint density at radius 1 is 1.38 bits per heavy atom. The van der Waals surface area contributed by atoms with Gasteiger partial charge in [0.25, 0.3) is 0 Å². The van der Waals surface area contributed by atoms with Gasteiger partial charge in [0.15, 0.2) is 0 Å². The molecular weight excluding hydrogens is 200 g/mol. The number of methoxy groups -OCH3 is 1. The zero-order valence-corrected chi connectivity index (χ0v) is 10.3. The molecule has 0 atom stereocenters. The average molecular weight is 220 g/mol. The normalized spacial score (nSPS) is 17.9. The molecule has 1 aromatic rings. The lowest BCUT2D eigenvalue weighted by atomic mass is 9.88. The molecule has 0 unspecified atom stereocenters. The van der Waals surface area contributed by atoms with Crippen molar-refractivity contribution in [2.24, 2.45) is 0 Å². The first-order chi connectivity index (χ1) is 7.65. The van der Waals surface area contributed by atoms with Crippen molar-refractivity contribution in [2.45, 2.75) is 12.0 Å². The molecule has 0 amide bonds. The Morgan fingerprint density at radius 3 is 2.62 bits per heavy atom. The van der Waals surface area contributed by atoms with Crippen molar-refractivity contribution < 1.29 is 4.74 Å². The number of hydrogen-bond acceptors (Lipinski definition) is 3. The lowest BCUT2D eigenvalue weighted by Crippen LogP contribution is -2.61. The number of nitrogens with zero attached hydrogens (tertiary/aromatic N) is 1. The number of anilines is 1. The first-order valence-electron chi connectivity index (χ1n) is 5.67. The van der Waals surface area contributed by atoms with Crippen LogP contribution < -0.4 is 10.2 Å². The minimum atomic E-state index is 0.0188. The molecule has 0 aliphatic carbocycles. The highest BCUT2D eigenvalue weighted by molar-refractivity contribution is 5.47. The van der Waals surface area contributed by atoms with E-state index in [1.807, 2.05) is 0 Å². The SMILES string of the molecule is COC1(Cc2cccc(N(C)C)c2)CNC1. The Hall–Kier alpha value is -1.06. The quantitative estimate of drug-likeness (QED) is 0.827. The van der Waals surface area contributed by atoms with Gasteiger partial charge in [0, 0.05) is 46.4 Å². The summed E-state index contributed by atoms with van der Waals surface area (Å²) in [5.41, 5.74) is 2.61. The van der Waals surface area contributed by atoms with Crippen LogP contribution in [0, 0.1) is 0 Å². The number of ether oxygens (including phenoxy) is 1. The van der Waals surface area contributed by atoms with Crippen LogP contribution in [0.5, 0.6) is 0 Å². The molecule has 2 rings (SSSR count).